The quantitative estimate of drug-likeness (QED) is 0.151. The number of ether oxygens (including phenoxy) is 2. The Bertz CT molecular complexity index is 1720. The Morgan fingerprint density at radius 2 is 0.962 bits per heavy atom. The Labute approximate surface area is 331 Å². The zero-order chi connectivity index (χ0) is 38.8. The number of benzene rings is 4. The summed E-state index contributed by atoms with van der Waals surface area (Å²) in [4.78, 5) is 0. The first kappa shape index (κ1) is 43.0. The second kappa shape index (κ2) is 19.7. The number of phenolic OH excluding ortho intramolecular Hbond substituents is 2. The van der Waals surface area contributed by atoms with Crippen molar-refractivity contribution in [2.24, 2.45) is 0 Å². The van der Waals surface area contributed by atoms with Gasteiger partial charge >= 0.3 is 248 Å². The molecule has 6 rings (SSSR count). The van der Waals surface area contributed by atoms with Crippen molar-refractivity contribution in [3.05, 3.63) is 132 Å². The van der Waals surface area contributed by atoms with Gasteiger partial charge in [0.15, 0.2) is 0 Å². The summed E-state index contributed by atoms with van der Waals surface area (Å²) < 4.78 is 11.3. The molecule has 1 heterocycles. The molecule has 1 saturated carbocycles. The van der Waals surface area contributed by atoms with Gasteiger partial charge in [-0.15, -0.1) is 24.3 Å². The third-order valence-corrected chi connectivity index (χ3v) is 25.8. The van der Waals surface area contributed by atoms with Crippen molar-refractivity contribution in [2.45, 2.75) is 113 Å². The molecule has 53 heavy (non-hydrogen) atoms. The van der Waals surface area contributed by atoms with E-state index >= 15 is 0 Å². The Balaban J connectivity index is 0.000000370. The van der Waals surface area contributed by atoms with E-state index in [1.54, 1.807) is 14.2 Å². The minimum atomic E-state index is -0.273. The average Bonchev–Trinajstić information content (AvgIpc) is 3.40. The second-order valence-electron chi connectivity index (χ2n) is 16.1. The molecule has 0 amide bonds. The number of phenols is 2. The summed E-state index contributed by atoms with van der Waals surface area (Å²) in [6.07, 6.45) is 7.97. The Morgan fingerprint density at radius 1 is 0.604 bits per heavy atom. The molecule has 0 spiro atoms. The molecular formula is C46H62O4S2Ti-2. The maximum absolute atomic E-state index is 11.2. The zero-order valence-corrected chi connectivity index (χ0v) is 36.5. The molecule has 7 heteroatoms. The fraction of sp³-hybridized carbons (Fsp3) is 0.435. The molecule has 2 N–H and O–H groups in total. The van der Waals surface area contributed by atoms with Crippen LogP contribution >= 0.6 is 15.9 Å². The van der Waals surface area contributed by atoms with Gasteiger partial charge in [-0.25, -0.2) is 0 Å². The van der Waals surface area contributed by atoms with Gasteiger partial charge in [-0.3, -0.25) is 0 Å². The summed E-state index contributed by atoms with van der Waals surface area (Å²) in [5.41, 5.74) is 6.70. The first-order valence-corrected chi connectivity index (χ1v) is 25.6. The number of hydrogen-bond acceptors (Lipinski definition) is 4. The van der Waals surface area contributed by atoms with E-state index in [4.69, 9.17) is 9.47 Å². The van der Waals surface area contributed by atoms with Crippen LogP contribution in [0, 0.1) is 13.8 Å². The summed E-state index contributed by atoms with van der Waals surface area (Å²) in [6.45, 7) is 20.8. The first-order valence-electron chi connectivity index (χ1n) is 18.8. The zero-order valence-electron chi connectivity index (χ0n) is 33.3. The van der Waals surface area contributed by atoms with Crippen LogP contribution < -0.4 is 9.47 Å². The van der Waals surface area contributed by atoms with Crippen molar-refractivity contribution in [3.63, 3.8) is 0 Å². The van der Waals surface area contributed by atoms with Crippen LogP contribution in [0.5, 0.6) is 23.0 Å². The van der Waals surface area contributed by atoms with Gasteiger partial charge in [0.1, 0.15) is 0 Å². The second-order valence-corrected chi connectivity index (χ2v) is 27.6. The minimum absolute atomic E-state index is 0.00743. The molecule has 288 valence electrons. The number of rotatable bonds is 6. The molecule has 2 unspecified atom stereocenters. The van der Waals surface area contributed by atoms with Gasteiger partial charge in [-0.2, -0.15) is 49.2 Å². The first-order chi connectivity index (χ1) is 25.1. The predicted molar refractivity (Wildman–Crippen MR) is 226 cm³/mol. The average molecular weight is 791 g/mol. The van der Waals surface area contributed by atoms with Crippen molar-refractivity contribution in [3.8, 4) is 23.0 Å². The van der Waals surface area contributed by atoms with Crippen LogP contribution in [0.1, 0.15) is 113 Å². The fourth-order valence-electron chi connectivity index (χ4n) is 6.62. The van der Waals surface area contributed by atoms with Gasteiger partial charge < -0.3 is 0 Å². The van der Waals surface area contributed by atoms with Crippen LogP contribution in [0.3, 0.4) is 0 Å². The summed E-state index contributed by atoms with van der Waals surface area (Å²) in [7, 11) is 3.92. The molecule has 4 aromatic rings. The monoisotopic (exact) mass is 790 g/mol. The fourth-order valence-corrected chi connectivity index (χ4v) is 27.5. The molecule has 1 fully saturated rings. The Kier molecular flexibility index (Phi) is 16.0. The topological polar surface area (TPSA) is 58.9 Å². The maximum atomic E-state index is 11.2. The smallest absolute Gasteiger partial charge is 0.0866 e. The third-order valence-electron chi connectivity index (χ3n) is 9.87. The summed E-state index contributed by atoms with van der Waals surface area (Å²) in [6, 6.07) is 28.3. The summed E-state index contributed by atoms with van der Waals surface area (Å²) >= 11 is -0.273. The molecule has 0 bridgehead atoms. The summed E-state index contributed by atoms with van der Waals surface area (Å²) in [5.74, 6) is 3.80. The van der Waals surface area contributed by atoms with Crippen molar-refractivity contribution in [2.75, 3.05) is 14.2 Å². The SMILES string of the molecule is COc1cc(C(C)(C)C)cc(C[S]2=[Ti]=[S@@](Cc3cc(C(C)(C)C)cc(OC)c3O)C3CCCCCC[C@@H]32)c1O.[CH2-]c1ccccc1.[CH2-]c1ccccc1. The molecule has 4 atom stereocenters. The van der Waals surface area contributed by atoms with Crippen LogP contribution in [0.25, 0.3) is 0 Å². The molecule has 1 aliphatic carbocycles. The summed E-state index contributed by atoms with van der Waals surface area (Å²) in [5, 5.41) is 23.9. The molecule has 0 saturated heterocycles. The van der Waals surface area contributed by atoms with E-state index in [-0.39, 0.29) is 26.3 Å². The van der Waals surface area contributed by atoms with Gasteiger partial charge in [0.05, 0.1) is 0 Å². The molecule has 2 aliphatic rings. The molecule has 0 aromatic heterocycles. The molecule has 4 aromatic carbocycles. The largest absolute Gasteiger partial charge is 0.199 e. The molecular weight excluding hydrogens is 729 g/mol. The van der Waals surface area contributed by atoms with Crippen molar-refractivity contribution >= 4 is 15.9 Å². The van der Waals surface area contributed by atoms with Crippen LogP contribution in [0.2, 0.25) is 0 Å². The van der Waals surface area contributed by atoms with Crippen molar-refractivity contribution in [1.82, 2.24) is 0 Å². The van der Waals surface area contributed by atoms with E-state index in [9.17, 15) is 10.2 Å². The Morgan fingerprint density at radius 3 is 1.25 bits per heavy atom. The van der Waals surface area contributed by atoms with Gasteiger partial charge in [0, 0.05) is 0 Å². The van der Waals surface area contributed by atoms with Crippen molar-refractivity contribution in [1.29, 1.82) is 0 Å². The van der Waals surface area contributed by atoms with E-state index in [1.165, 1.54) is 49.7 Å². The Hall–Kier alpha value is -2.77. The van der Waals surface area contributed by atoms with Crippen molar-refractivity contribution < 1.29 is 35.1 Å². The molecule has 1 aliphatic heterocycles. The standard InChI is InChI=1S/C32H48O4S2.2C7H7.Ti/c1-31(2,3)23-15-21(29(33)25(17-23)35-7)19-37-27-13-11-9-10-12-14-28(27)38-20-22-16-24(32(4,5)6)18-26(36-8)30(22)34;2*1-7-5-3-2-4-6-7;/h15-18,27-28,33-34H,9-14,19-20H2,1-8H3;2*2-6H,1H2;/q;2*-1;/t27-,28?;;;/m0.../s1. The predicted octanol–water partition coefficient (Wildman–Crippen LogP) is 12.7. The van der Waals surface area contributed by atoms with Gasteiger partial charge in [0.2, 0.25) is 0 Å². The van der Waals surface area contributed by atoms with Gasteiger partial charge in [-0.1, -0.05) is 12.1 Å². The van der Waals surface area contributed by atoms with Crippen LogP contribution in [0.4, 0.5) is 0 Å². The molecule has 4 nitrogen and oxygen atoms in total. The van der Waals surface area contributed by atoms with E-state index in [0.29, 0.717) is 38.9 Å². The van der Waals surface area contributed by atoms with Crippen LogP contribution in [0.15, 0.2) is 84.9 Å². The normalized spacial score (nSPS) is 19.7. The van der Waals surface area contributed by atoms with Crippen LogP contribution in [-0.2, 0) is 37.8 Å². The number of methoxy groups -OCH3 is 2. The number of hydrogen-bond donors (Lipinski definition) is 2. The van der Waals surface area contributed by atoms with E-state index < -0.39 is 0 Å². The minimum Gasteiger partial charge on any atom is -0.199 e. The van der Waals surface area contributed by atoms with E-state index in [0.717, 1.165) is 44.3 Å². The maximum Gasteiger partial charge on any atom is -0.0866 e. The molecule has 0 radical (unpaired) electrons. The van der Waals surface area contributed by atoms with E-state index in [1.807, 2.05) is 72.8 Å². The third kappa shape index (κ3) is 12.4. The number of aromatic hydroxyl groups is 2. The van der Waals surface area contributed by atoms with Gasteiger partial charge in [-0.05, 0) is 0 Å². The van der Waals surface area contributed by atoms with Gasteiger partial charge in [0.25, 0.3) is 0 Å². The van der Waals surface area contributed by atoms with E-state index in [2.05, 4.69) is 67.5 Å². The van der Waals surface area contributed by atoms with Crippen LogP contribution in [-0.4, -0.2) is 34.9 Å². The number of fused-ring (bicyclic) bond motifs is 1.